The van der Waals surface area contributed by atoms with Crippen LogP contribution in [0.1, 0.15) is 18.5 Å². The van der Waals surface area contributed by atoms with E-state index in [9.17, 15) is 10.1 Å². The molecular weight excluding hydrogens is 258 g/mol. The minimum absolute atomic E-state index is 0.0780. The van der Waals surface area contributed by atoms with Crippen molar-refractivity contribution in [2.75, 3.05) is 10.7 Å². The van der Waals surface area contributed by atoms with Gasteiger partial charge in [0.25, 0.3) is 0 Å². The van der Waals surface area contributed by atoms with Crippen LogP contribution in [0.15, 0.2) is 42.7 Å². The summed E-state index contributed by atoms with van der Waals surface area (Å²) in [4.78, 5) is 14.7. The molecule has 0 aliphatic heterocycles. The van der Waals surface area contributed by atoms with Gasteiger partial charge in [-0.15, -0.1) is 0 Å². The molecule has 2 aromatic rings. The van der Waals surface area contributed by atoms with Crippen LogP contribution in [0.4, 0.5) is 17.1 Å². The van der Waals surface area contributed by atoms with E-state index in [1.54, 1.807) is 30.6 Å². The number of benzene rings is 1. The van der Waals surface area contributed by atoms with E-state index in [2.05, 4.69) is 15.7 Å². The second-order valence-electron chi connectivity index (χ2n) is 4.26. The van der Waals surface area contributed by atoms with E-state index in [1.807, 2.05) is 19.1 Å². The highest BCUT2D eigenvalue weighted by Gasteiger charge is 2.20. The van der Waals surface area contributed by atoms with Crippen LogP contribution >= 0.6 is 0 Å². The van der Waals surface area contributed by atoms with Gasteiger partial charge in [-0.1, -0.05) is 12.1 Å². The SMILES string of the molecule is CC(Nc1cccc(NN)c1[N+](=O)[O-])c1cccnc1. The maximum atomic E-state index is 11.2. The monoisotopic (exact) mass is 273 g/mol. The van der Waals surface area contributed by atoms with Crippen molar-refractivity contribution in [3.05, 3.63) is 58.4 Å². The number of rotatable bonds is 5. The molecule has 1 heterocycles. The Morgan fingerprint density at radius 2 is 2.05 bits per heavy atom. The zero-order valence-corrected chi connectivity index (χ0v) is 10.9. The third-order valence-corrected chi connectivity index (χ3v) is 2.93. The second-order valence-corrected chi connectivity index (χ2v) is 4.26. The van der Waals surface area contributed by atoms with Gasteiger partial charge in [-0.3, -0.25) is 20.9 Å². The summed E-state index contributed by atoms with van der Waals surface area (Å²) in [5.74, 6) is 5.31. The standard InChI is InChI=1S/C13H15N5O2/c1-9(10-4-3-7-15-8-10)16-11-5-2-6-12(17-14)13(11)18(19)20/h2-9,16-17H,14H2,1H3. The molecule has 2 rings (SSSR count). The average Bonchev–Trinajstić information content (AvgIpc) is 2.47. The summed E-state index contributed by atoms with van der Waals surface area (Å²) in [6, 6.07) is 8.50. The lowest BCUT2D eigenvalue weighted by molar-refractivity contribution is -0.383. The molecule has 1 unspecified atom stereocenters. The van der Waals surface area contributed by atoms with Gasteiger partial charge in [0, 0.05) is 12.4 Å². The van der Waals surface area contributed by atoms with Crippen LogP contribution < -0.4 is 16.6 Å². The van der Waals surface area contributed by atoms with Gasteiger partial charge in [0.05, 0.1) is 11.0 Å². The van der Waals surface area contributed by atoms with Crippen molar-refractivity contribution in [3.63, 3.8) is 0 Å². The lowest BCUT2D eigenvalue weighted by atomic mass is 10.1. The van der Waals surface area contributed by atoms with Crippen molar-refractivity contribution in [3.8, 4) is 0 Å². The average molecular weight is 273 g/mol. The Hall–Kier alpha value is -2.67. The number of hydrazine groups is 1. The van der Waals surface area contributed by atoms with E-state index in [-0.39, 0.29) is 17.4 Å². The predicted octanol–water partition coefficient (Wildman–Crippen LogP) is 2.45. The molecule has 0 aliphatic rings. The third-order valence-electron chi connectivity index (χ3n) is 2.93. The van der Waals surface area contributed by atoms with E-state index in [0.29, 0.717) is 5.69 Å². The highest BCUT2D eigenvalue weighted by molar-refractivity contribution is 5.76. The second kappa shape index (κ2) is 5.98. The van der Waals surface area contributed by atoms with Gasteiger partial charge in [-0.05, 0) is 30.7 Å². The van der Waals surface area contributed by atoms with Crippen LogP contribution in [-0.4, -0.2) is 9.91 Å². The summed E-state index contributed by atoms with van der Waals surface area (Å²) in [5, 5.41) is 14.3. The number of nitrogens with two attached hydrogens (primary N) is 1. The fraction of sp³-hybridized carbons (Fsp3) is 0.154. The van der Waals surface area contributed by atoms with Crippen molar-refractivity contribution in [1.29, 1.82) is 0 Å². The first-order valence-corrected chi connectivity index (χ1v) is 6.04. The van der Waals surface area contributed by atoms with Crippen LogP contribution in [0.25, 0.3) is 0 Å². The molecule has 0 saturated carbocycles. The summed E-state index contributed by atoms with van der Waals surface area (Å²) >= 11 is 0. The van der Waals surface area contributed by atoms with E-state index in [0.717, 1.165) is 5.56 Å². The summed E-state index contributed by atoms with van der Waals surface area (Å²) in [6.45, 7) is 1.91. The van der Waals surface area contributed by atoms with Crippen molar-refractivity contribution in [1.82, 2.24) is 4.98 Å². The molecule has 1 aromatic carbocycles. The number of nitrogen functional groups attached to an aromatic ring is 1. The minimum atomic E-state index is -0.465. The van der Waals surface area contributed by atoms with Gasteiger partial charge in [0.15, 0.2) is 0 Å². The number of aromatic nitrogens is 1. The number of pyridine rings is 1. The predicted molar refractivity (Wildman–Crippen MR) is 77.2 cm³/mol. The molecule has 0 bridgehead atoms. The van der Waals surface area contributed by atoms with Crippen LogP contribution in [0, 0.1) is 10.1 Å². The zero-order valence-electron chi connectivity index (χ0n) is 10.9. The van der Waals surface area contributed by atoms with Crippen molar-refractivity contribution in [2.45, 2.75) is 13.0 Å². The highest BCUT2D eigenvalue weighted by Crippen LogP contribution is 2.34. The maximum absolute atomic E-state index is 11.2. The summed E-state index contributed by atoms with van der Waals surface area (Å²) in [7, 11) is 0. The normalized spacial score (nSPS) is 11.7. The number of hydrogen-bond donors (Lipinski definition) is 3. The van der Waals surface area contributed by atoms with Crippen LogP contribution in [0.2, 0.25) is 0 Å². The Kier molecular flexibility index (Phi) is 4.11. The first-order valence-electron chi connectivity index (χ1n) is 6.04. The topological polar surface area (TPSA) is 106 Å². The number of para-hydroxylation sites is 1. The summed E-state index contributed by atoms with van der Waals surface area (Å²) < 4.78 is 0. The quantitative estimate of drug-likeness (QED) is 0.439. The molecule has 104 valence electrons. The first kappa shape index (κ1) is 13.8. The van der Waals surface area contributed by atoms with E-state index >= 15 is 0 Å². The van der Waals surface area contributed by atoms with Crippen molar-refractivity contribution < 1.29 is 4.92 Å². The highest BCUT2D eigenvalue weighted by atomic mass is 16.6. The zero-order chi connectivity index (χ0) is 14.5. The molecule has 4 N–H and O–H groups in total. The number of nitrogens with one attached hydrogen (secondary N) is 2. The molecule has 0 aliphatic carbocycles. The van der Waals surface area contributed by atoms with E-state index in [1.165, 1.54) is 0 Å². The van der Waals surface area contributed by atoms with Crippen molar-refractivity contribution in [2.24, 2.45) is 5.84 Å². The fourth-order valence-corrected chi connectivity index (χ4v) is 1.92. The van der Waals surface area contributed by atoms with Gasteiger partial charge < -0.3 is 10.7 Å². The van der Waals surface area contributed by atoms with Gasteiger partial charge in [-0.2, -0.15) is 0 Å². The minimum Gasteiger partial charge on any atom is -0.373 e. The van der Waals surface area contributed by atoms with Gasteiger partial charge in [0.2, 0.25) is 0 Å². The Bertz CT molecular complexity index is 603. The van der Waals surface area contributed by atoms with Crippen molar-refractivity contribution >= 4 is 17.1 Å². The molecule has 7 nitrogen and oxygen atoms in total. The Morgan fingerprint density at radius 1 is 1.30 bits per heavy atom. The van der Waals surface area contributed by atoms with Gasteiger partial charge >= 0.3 is 5.69 Å². The maximum Gasteiger partial charge on any atom is 0.316 e. The number of nitro benzene ring substituents is 1. The van der Waals surface area contributed by atoms with Crippen LogP contribution in [-0.2, 0) is 0 Å². The molecule has 0 fully saturated rings. The Morgan fingerprint density at radius 3 is 2.65 bits per heavy atom. The number of anilines is 2. The lowest BCUT2D eigenvalue weighted by Gasteiger charge is -2.16. The molecule has 20 heavy (non-hydrogen) atoms. The largest absolute Gasteiger partial charge is 0.373 e. The summed E-state index contributed by atoms with van der Waals surface area (Å²) in [6.07, 6.45) is 3.40. The summed E-state index contributed by atoms with van der Waals surface area (Å²) in [5.41, 5.74) is 3.86. The molecule has 1 atom stereocenters. The molecule has 0 radical (unpaired) electrons. The molecule has 1 aromatic heterocycles. The van der Waals surface area contributed by atoms with Gasteiger partial charge in [0.1, 0.15) is 11.4 Å². The van der Waals surface area contributed by atoms with Crippen LogP contribution in [0.3, 0.4) is 0 Å². The fourth-order valence-electron chi connectivity index (χ4n) is 1.92. The van der Waals surface area contributed by atoms with E-state index in [4.69, 9.17) is 5.84 Å². The number of nitro groups is 1. The molecule has 0 amide bonds. The lowest BCUT2D eigenvalue weighted by Crippen LogP contribution is -2.12. The molecule has 0 spiro atoms. The first-order chi connectivity index (χ1) is 9.63. The molecular formula is C13H15N5O2. The van der Waals surface area contributed by atoms with Crippen LogP contribution in [0.5, 0.6) is 0 Å². The number of nitrogens with zero attached hydrogens (tertiary/aromatic N) is 2. The molecule has 0 saturated heterocycles. The number of hydrogen-bond acceptors (Lipinski definition) is 6. The Labute approximate surface area is 116 Å². The smallest absolute Gasteiger partial charge is 0.316 e. The Balaban J connectivity index is 2.32. The molecule has 7 heteroatoms. The van der Waals surface area contributed by atoms with E-state index < -0.39 is 4.92 Å². The third kappa shape index (κ3) is 2.83. The van der Waals surface area contributed by atoms with Gasteiger partial charge in [-0.25, -0.2) is 0 Å².